The molecular weight excluding hydrogens is 530 g/mol. The third-order valence-corrected chi connectivity index (χ3v) is 5.97. The number of carbonyl (C=O) groups is 1. The Balaban J connectivity index is 1.23. The molecule has 0 radical (unpaired) electrons. The van der Waals surface area contributed by atoms with Crippen molar-refractivity contribution in [3.05, 3.63) is 78.8 Å². The molecule has 206 valence electrons. The molecular formula is C26H23F4N9O. The third-order valence-electron chi connectivity index (χ3n) is 5.97. The van der Waals surface area contributed by atoms with Crippen LogP contribution in [0.2, 0.25) is 0 Å². The number of imidazole rings is 1. The van der Waals surface area contributed by atoms with E-state index in [9.17, 15) is 22.4 Å². The standard InChI is InChI=1S/C26H23F4N9O/c1-38-23-19(14-33-24(36-23)32-9-2-11-39-12-10-31-15-39)22(37-38)16-3-6-18(7-4-16)34-25(40)35-21-13-17(26(28,29)30)5-8-20(21)27/h3-8,10,12-15H,2,9,11H2,1H3,(H,32,33,36)(H2,34,35,40). The van der Waals surface area contributed by atoms with E-state index in [1.54, 1.807) is 54.7 Å². The van der Waals surface area contributed by atoms with E-state index in [1.165, 1.54) is 0 Å². The maximum Gasteiger partial charge on any atom is 0.416 e. The summed E-state index contributed by atoms with van der Waals surface area (Å²) in [6, 6.07) is 7.50. The normalized spacial score (nSPS) is 11.5. The molecule has 3 N–H and O–H groups in total. The molecule has 0 atom stereocenters. The van der Waals surface area contributed by atoms with Crippen LogP contribution in [0.4, 0.5) is 39.7 Å². The Bertz CT molecular complexity index is 1630. The van der Waals surface area contributed by atoms with E-state index in [1.807, 2.05) is 10.8 Å². The molecule has 0 bridgehead atoms. The van der Waals surface area contributed by atoms with Crippen LogP contribution in [0.25, 0.3) is 22.3 Å². The van der Waals surface area contributed by atoms with E-state index in [0.717, 1.165) is 23.9 Å². The van der Waals surface area contributed by atoms with Gasteiger partial charge in [-0.3, -0.25) is 0 Å². The molecule has 40 heavy (non-hydrogen) atoms. The number of hydrogen-bond donors (Lipinski definition) is 3. The zero-order valence-electron chi connectivity index (χ0n) is 21.1. The monoisotopic (exact) mass is 553 g/mol. The van der Waals surface area contributed by atoms with Gasteiger partial charge in [-0.05, 0) is 36.8 Å². The highest BCUT2D eigenvalue weighted by Crippen LogP contribution is 2.32. The quantitative estimate of drug-likeness (QED) is 0.172. The zero-order valence-corrected chi connectivity index (χ0v) is 21.1. The van der Waals surface area contributed by atoms with Crippen molar-refractivity contribution < 1.29 is 22.4 Å². The summed E-state index contributed by atoms with van der Waals surface area (Å²) in [6.45, 7) is 1.50. The Kier molecular flexibility index (Phi) is 7.31. The lowest BCUT2D eigenvalue weighted by Gasteiger charge is -2.12. The number of alkyl halides is 3. The Labute approximate surface area is 225 Å². The molecule has 5 rings (SSSR count). The summed E-state index contributed by atoms with van der Waals surface area (Å²) in [6.07, 6.45) is 3.28. The first-order chi connectivity index (χ1) is 19.2. The van der Waals surface area contributed by atoms with Gasteiger partial charge in [-0.15, -0.1) is 0 Å². The van der Waals surface area contributed by atoms with E-state index in [2.05, 4.69) is 36.0 Å². The number of carbonyl (C=O) groups excluding carboxylic acids is 1. The highest BCUT2D eigenvalue weighted by molar-refractivity contribution is 6.00. The first-order valence-electron chi connectivity index (χ1n) is 12.1. The van der Waals surface area contributed by atoms with Crippen molar-refractivity contribution >= 4 is 34.4 Å². The Morgan fingerprint density at radius 1 is 1.07 bits per heavy atom. The number of fused-ring (bicyclic) bond motifs is 1. The van der Waals surface area contributed by atoms with Gasteiger partial charge < -0.3 is 20.5 Å². The van der Waals surface area contributed by atoms with Gasteiger partial charge in [0.2, 0.25) is 5.95 Å². The predicted octanol–water partition coefficient (Wildman–Crippen LogP) is 5.53. The van der Waals surface area contributed by atoms with Crippen molar-refractivity contribution in [3.8, 4) is 11.3 Å². The molecule has 0 aliphatic rings. The van der Waals surface area contributed by atoms with Crippen molar-refractivity contribution in [1.82, 2.24) is 29.3 Å². The number of anilines is 3. The van der Waals surface area contributed by atoms with Crippen LogP contribution in [0.15, 0.2) is 67.4 Å². The second kappa shape index (κ2) is 11.0. The van der Waals surface area contributed by atoms with Gasteiger partial charge in [0.1, 0.15) is 11.5 Å². The topological polar surface area (TPSA) is 115 Å². The fraction of sp³-hybridized carbons (Fsp3) is 0.192. The Morgan fingerprint density at radius 3 is 2.60 bits per heavy atom. The van der Waals surface area contributed by atoms with Crippen LogP contribution < -0.4 is 16.0 Å². The number of rotatable bonds is 8. The molecule has 5 aromatic rings. The highest BCUT2D eigenvalue weighted by atomic mass is 19.4. The van der Waals surface area contributed by atoms with Crippen LogP contribution in [0.3, 0.4) is 0 Å². The predicted molar refractivity (Wildman–Crippen MR) is 141 cm³/mol. The third kappa shape index (κ3) is 6.00. The molecule has 10 nitrogen and oxygen atoms in total. The summed E-state index contributed by atoms with van der Waals surface area (Å²) in [4.78, 5) is 25.3. The molecule has 0 aliphatic heterocycles. The second-order valence-corrected chi connectivity index (χ2v) is 8.83. The minimum absolute atomic E-state index is 0.340. The minimum atomic E-state index is -4.67. The van der Waals surface area contributed by atoms with Gasteiger partial charge in [0.25, 0.3) is 0 Å². The first kappa shape index (κ1) is 26.6. The fourth-order valence-electron chi connectivity index (χ4n) is 4.01. The number of aromatic nitrogens is 6. The van der Waals surface area contributed by atoms with Crippen molar-refractivity contribution in [2.45, 2.75) is 19.1 Å². The number of benzene rings is 2. The minimum Gasteiger partial charge on any atom is -0.354 e. The molecule has 0 saturated carbocycles. The molecule has 14 heteroatoms. The van der Waals surface area contributed by atoms with Crippen LogP contribution in [0.1, 0.15) is 12.0 Å². The van der Waals surface area contributed by atoms with Crippen molar-refractivity contribution in [2.24, 2.45) is 7.05 Å². The Hall–Kier alpha value is -5.01. The van der Waals surface area contributed by atoms with Gasteiger partial charge in [0, 0.05) is 50.0 Å². The van der Waals surface area contributed by atoms with Gasteiger partial charge in [-0.1, -0.05) is 12.1 Å². The van der Waals surface area contributed by atoms with Crippen molar-refractivity contribution in [3.63, 3.8) is 0 Å². The maximum absolute atomic E-state index is 13.9. The van der Waals surface area contributed by atoms with Crippen LogP contribution in [0, 0.1) is 5.82 Å². The second-order valence-electron chi connectivity index (χ2n) is 8.83. The molecule has 0 unspecified atom stereocenters. The maximum atomic E-state index is 13.9. The fourth-order valence-corrected chi connectivity index (χ4v) is 4.01. The number of urea groups is 1. The molecule has 0 spiro atoms. The van der Waals surface area contributed by atoms with Gasteiger partial charge >= 0.3 is 12.2 Å². The van der Waals surface area contributed by atoms with Gasteiger partial charge in [-0.2, -0.15) is 23.3 Å². The number of halogens is 4. The average molecular weight is 554 g/mol. The van der Waals surface area contributed by atoms with E-state index in [-0.39, 0.29) is 0 Å². The lowest BCUT2D eigenvalue weighted by molar-refractivity contribution is -0.137. The van der Waals surface area contributed by atoms with E-state index in [4.69, 9.17) is 0 Å². The summed E-state index contributed by atoms with van der Waals surface area (Å²) in [5.74, 6) is -0.508. The average Bonchev–Trinajstić information content (AvgIpc) is 3.55. The lowest BCUT2D eigenvalue weighted by atomic mass is 10.1. The molecule has 0 saturated heterocycles. The molecule has 3 heterocycles. The molecule has 0 fully saturated rings. The van der Waals surface area contributed by atoms with Gasteiger partial charge in [-0.25, -0.2) is 23.8 Å². The lowest BCUT2D eigenvalue weighted by Crippen LogP contribution is -2.20. The number of aryl methyl sites for hydroxylation is 2. The van der Waals surface area contributed by atoms with E-state index < -0.39 is 29.3 Å². The summed E-state index contributed by atoms with van der Waals surface area (Å²) < 4.78 is 56.3. The summed E-state index contributed by atoms with van der Waals surface area (Å²) in [7, 11) is 1.77. The SMILES string of the molecule is Cn1nc(-c2ccc(NC(=O)Nc3cc(C(F)(F)F)ccc3F)cc2)c2cnc(NCCCn3ccnc3)nc21. The Morgan fingerprint density at radius 2 is 1.88 bits per heavy atom. The summed E-state index contributed by atoms with van der Waals surface area (Å²) >= 11 is 0. The molecule has 3 aromatic heterocycles. The first-order valence-corrected chi connectivity index (χ1v) is 12.1. The summed E-state index contributed by atoms with van der Waals surface area (Å²) in [5, 5.41) is 13.1. The number of amides is 2. The largest absolute Gasteiger partial charge is 0.416 e. The number of nitrogens with one attached hydrogen (secondary N) is 3. The highest BCUT2D eigenvalue weighted by Gasteiger charge is 2.31. The van der Waals surface area contributed by atoms with Crippen LogP contribution in [-0.2, 0) is 19.8 Å². The van der Waals surface area contributed by atoms with Gasteiger partial charge in [0.15, 0.2) is 5.65 Å². The summed E-state index contributed by atoms with van der Waals surface area (Å²) in [5.41, 5.74) is 0.667. The van der Waals surface area contributed by atoms with Gasteiger partial charge in [0.05, 0.1) is 23.0 Å². The molecule has 2 aromatic carbocycles. The molecule has 0 aliphatic carbocycles. The molecule has 2 amide bonds. The zero-order chi connectivity index (χ0) is 28.3. The number of hydrogen-bond acceptors (Lipinski definition) is 6. The van der Waals surface area contributed by atoms with E-state index in [0.29, 0.717) is 47.7 Å². The van der Waals surface area contributed by atoms with Crippen LogP contribution >= 0.6 is 0 Å². The van der Waals surface area contributed by atoms with Crippen molar-refractivity contribution in [1.29, 1.82) is 0 Å². The van der Waals surface area contributed by atoms with E-state index >= 15 is 0 Å². The van der Waals surface area contributed by atoms with Crippen LogP contribution in [0.5, 0.6) is 0 Å². The number of nitrogens with zero attached hydrogens (tertiary/aromatic N) is 6. The smallest absolute Gasteiger partial charge is 0.354 e. The van der Waals surface area contributed by atoms with Crippen LogP contribution in [-0.4, -0.2) is 41.9 Å². The van der Waals surface area contributed by atoms with Crippen molar-refractivity contribution in [2.75, 3.05) is 22.5 Å².